The Morgan fingerprint density at radius 1 is 1.20 bits per heavy atom. The summed E-state index contributed by atoms with van der Waals surface area (Å²) in [7, 11) is -1.43. The summed E-state index contributed by atoms with van der Waals surface area (Å²) in [5.41, 5.74) is 3.09. The Hall–Kier alpha value is -1.97. The predicted molar refractivity (Wildman–Crippen MR) is 92.1 cm³/mol. The number of benzene rings is 2. The van der Waals surface area contributed by atoms with Gasteiger partial charge in [0.1, 0.15) is 0 Å². The number of carbonyl (C=O) groups excluding carboxylic acids is 1. The minimum Gasteiger partial charge on any atom is -0.288 e. The smallest absolute Gasteiger partial charge is 0.276 e. The van der Waals surface area contributed by atoms with Crippen molar-refractivity contribution in [2.75, 3.05) is 14.2 Å². The lowest BCUT2D eigenvalue weighted by molar-refractivity contribution is -0.0258. The lowest BCUT2D eigenvalue weighted by atomic mass is 10.2. The maximum Gasteiger partial charge on any atom is 0.276 e. The van der Waals surface area contributed by atoms with Crippen molar-refractivity contribution in [3.63, 3.8) is 0 Å². The van der Waals surface area contributed by atoms with Gasteiger partial charge in [0.15, 0.2) is 0 Å². The predicted octanol–water partition coefficient (Wildman–Crippen LogP) is 2.38. The monoisotopic (exact) mass is 384 g/mol. The van der Waals surface area contributed by atoms with E-state index in [1.165, 1.54) is 26.3 Å². The van der Waals surface area contributed by atoms with Gasteiger partial charge in [-0.1, -0.05) is 46.4 Å². The Labute approximate surface area is 151 Å². The van der Waals surface area contributed by atoms with Crippen LogP contribution in [-0.4, -0.2) is 33.0 Å². The highest BCUT2D eigenvalue weighted by Gasteiger charge is 2.23. The zero-order valence-electron chi connectivity index (χ0n) is 13.6. The van der Waals surface area contributed by atoms with Gasteiger partial charge in [-0.2, -0.15) is 0 Å². The molecule has 9 heteroatoms. The van der Waals surface area contributed by atoms with Crippen molar-refractivity contribution in [1.82, 2.24) is 9.95 Å². The van der Waals surface area contributed by atoms with Crippen molar-refractivity contribution in [3.8, 4) is 0 Å². The molecule has 0 aliphatic heterocycles. The molecule has 1 N–H and O–H groups in total. The summed E-state index contributed by atoms with van der Waals surface area (Å²) < 4.78 is 25.2. The van der Waals surface area contributed by atoms with Crippen LogP contribution in [0.3, 0.4) is 0 Å². The molecule has 2 aromatic carbocycles. The maximum absolute atomic E-state index is 12.2. The second-order valence-electron chi connectivity index (χ2n) is 4.94. The molecular weight excluding hydrogens is 368 g/mol. The normalized spacial score (nSPS) is 11.5. The zero-order chi connectivity index (χ0) is 18.4. The number of halogens is 1. The first-order valence-corrected chi connectivity index (χ1v) is 8.96. The van der Waals surface area contributed by atoms with E-state index in [1.807, 2.05) is 30.3 Å². The molecule has 0 heterocycles. The summed E-state index contributed by atoms with van der Waals surface area (Å²) in [5.74, 6) is -0.655. The third-order valence-corrected chi connectivity index (χ3v) is 5.33. The van der Waals surface area contributed by atoms with Gasteiger partial charge in [-0.25, -0.2) is 13.9 Å². The fourth-order valence-electron chi connectivity index (χ4n) is 1.90. The Morgan fingerprint density at radius 2 is 1.88 bits per heavy atom. The molecule has 0 aliphatic carbocycles. The number of hydrogen-bond donors (Lipinski definition) is 1. The van der Waals surface area contributed by atoms with Gasteiger partial charge >= 0.3 is 0 Å². The first kappa shape index (κ1) is 19.4. The number of rotatable bonds is 7. The van der Waals surface area contributed by atoms with E-state index in [2.05, 4.69) is 5.48 Å². The first-order chi connectivity index (χ1) is 11.9. The molecule has 25 heavy (non-hydrogen) atoms. The average molecular weight is 385 g/mol. The molecule has 0 atom stereocenters. The molecule has 134 valence electrons. The summed E-state index contributed by atoms with van der Waals surface area (Å²) >= 11 is 5.99. The maximum atomic E-state index is 12.2. The van der Waals surface area contributed by atoms with Crippen molar-refractivity contribution in [2.24, 2.45) is 0 Å². The van der Waals surface area contributed by atoms with Crippen LogP contribution < -0.4 is 5.48 Å². The van der Waals surface area contributed by atoms with Crippen LogP contribution >= 0.6 is 11.6 Å². The largest absolute Gasteiger partial charge is 0.288 e. The van der Waals surface area contributed by atoms with E-state index in [9.17, 15) is 13.2 Å². The van der Waals surface area contributed by atoms with E-state index in [1.54, 1.807) is 0 Å². The molecule has 0 fully saturated rings. The van der Waals surface area contributed by atoms with E-state index in [0.29, 0.717) is 4.47 Å². The van der Waals surface area contributed by atoms with Crippen LogP contribution in [0.1, 0.15) is 15.9 Å². The number of nitrogens with zero attached hydrogens (tertiary/aromatic N) is 1. The fraction of sp³-hybridized carbons (Fsp3) is 0.188. The number of sulfonamides is 1. The summed E-state index contributed by atoms with van der Waals surface area (Å²) in [6, 6.07) is 13.0. The molecule has 0 aromatic heterocycles. The molecular formula is C16H17ClN2O5S. The topological polar surface area (TPSA) is 84.9 Å². The minimum absolute atomic E-state index is 0.0275. The van der Waals surface area contributed by atoms with Crippen molar-refractivity contribution < 1.29 is 22.9 Å². The zero-order valence-corrected chi connectivity index (χ0v) is 15.2. The molecule has 0 bridgehead atoms. The van der Waals surface area contributed by atoms with E-state index >= 15 is 0 Å². The highest BCUT2D eigenvalue weighted by molar-refractivity contribution is 7.89. The SMILES string of the molecule is CON(C)S(=O)(=O)c1ccc(Cl)c(C(=O)NOCc2ccccc2)c1. The van der Waals surface area contributed by atoms with Crippen molar-refractivity contribution in [1.29, 1.82) is 0 Å². The lowest BCUT2D eigenvalue weighted by Gasteiger charge is -2.15. The van der Waals surface area contributed by atoms with Gasteiger partial charge in [-0.3, -0.25) is 14.5 Å². The summed E-state index contributed by atoms with van der Waals surface area (Å²) in [4.78, 5) is 21.9. The third kappa shape index (κ3) is 4.77. The van der Waals surface area contributed by atoms with Crippen LogP contribution in [0, 0.1) is 0 Å². The van der Waals surface area contributed by atoms with Gasteiger partial charge in [0.2, 0.25) is 0 Å². The molecule has 1 amide bonds. The van der Waals surface area contributed by atoms with Crippen molar-refractivity contribution >= 4 is 27.5 Å². The molecule has 0 saturated carbocycles. The highest BCUT2D eigenvalue weighted by atomic mass is 35.5. The van der Waals surface area contributed by atoms with Crippen LogP contribution in [0.4, 0.5) is 0 Å². The van der Waals surface area contributed by atoms with Crippen LogP contribution in [0.5, 0.6) is 0 Å². The van der Waals surface area contributed by atoms with Gasteiger partial charge in [0.05, 0.1) is 29.2 Å². The highest BCUT2D eigenvalue weighted by Crippen LogP contribution is 2.22. The standard InChI is InChI=1S/C16H17ClN2O5S/c1-19(23-2)25(21,22)13-8-9-15(17)14(10-13)16(20)18-24-11-12-6-4-3-5-7-12/h3-10H,11H2,1-2H3,(H,18,20). The number of hydrogen-bond acceptors (Lipinski definition) is 5. The van der Waals surface area contributed by atoms with Gasteiger partial charge in [-0.15, -0.1) is 0 Å². The first-order valence-electron chi connectivity index (χ1n) is 7.15. The number of carbonyl (C=O) groups is 1. The number of hydroxylamine groups is 2. The van der Waals surface area contributed by atoms with Crippen LogP contribution in [-0.2, 0) is 26.3 Å². The van der Waals surface area contributed by atoms with E-state index in [4.69, 9.17) is 21.3 Å². The molecule has 2 aromatic rings. The van der Waals surface area contributed by atoms with Crippen LogP contribution in [0.2, 0.25) is 5.02 Å². The molecule has 7 nitrogen and oxygen atoms in total. The molecule has 0 aliphatic rings. The summed E-state index contributed by atoms with van der Waals surface area (Å²) in [6.07, 6.45) is 0. The van der Waals surface area contributed by atoms with Gasteiger partial charge in [-0.05, 0) is 23.8 Å². The van der Waals surface area contributed by atoms with Gasteiger partial charge in [0.25, 0.3) is 15.9 Å². The fourth-order valence-corrected chi connectivity index (χ4v) is 3.10. The second kappa shape index (κ2) is 8.41. The second-order valence-corrected chi connectivity index (χ2v) is 7.29. The molecule has 2 rings (SSSR count). The van der Waals surface area contributed by atoms with Gasteiger partial charge < -0.3 is 0 Å². The Morgan fingerprint density at radius 3 is 2.52 bits per heavy atom. The third-order valence-electron chi connectivity index (χ3n) is 3.32. The van der Waals surface area contributed by atoms with Gasteiger partial charge in [0, 0.05) is 7.05 Å². The van der Waals surface area contributed by atoms with E-state index in [0.717, 1.165) is 11.6 Å². The van der Waals surface area contributed by atoms with Crippen LogP contribution in [0.25, 0.3) is 0 Å². The summed E-state index contributed by atoms with van der Waals surface area (Å²) in [5, 5.41) is 0.0971. The molecule has 0 saturated heterocycles. The van der Waals surface area contributed by atoms with Crippen LogP contribution in [0.15, 0.2) is 53.4 Å². The number of nitrogens with one attached hydrogen (secondary N) is 1. The van der Waals surface area contributed by atoms with E-state index in [-0.39, 0.29) is 22.1 Å². The molecule has 0 spiro atoms. The van der Waals surface area contributed by atoms with Crippen molar-refractivity contribution in [3.05, 3.63) is 64.7 Å². The Balaban J connectivity index is 2.12. The molecule has 0 radical (unpaired) electrons. The lowest BCUT2D eigenvalue weighted by Crippen LogP contribution is -2.27. The molecule has 0 unspecified atom stereocenters. The Kier molecular flexibility index (Phi) is 6.51. The minimum atomic E-state index is -3.89. The quantitative estimate of drug-likeness (QED) is 0.741. The number of amides is 1. The summed E-state index contributed by atoms with van der Waals surface area (Å²) in [6.45, 7) is 0.161. The van der Waals surface area contributed by atoms with E-state index < -0.39 is 15.9 Å². The Bertz CT molecular complexity index is 843. The van der Waals surface area contributed by atoms with Crippen molar-refractivity contribution in [2.45, 2.75) is 11.5 Å². The average Bonchev–Trinajstić information content (AvgIpc) is 2.61.